The number of carboxylic acid groups (broad SMARTS) is 1. The lowest BCUT2D eigenvalue weighted by atomic mass is 9.99. The van der Waals surface area contributed by atoms with E-state index in [4.69, 9.17) is 5.73 Å². The van der Waals surface area contributed by atoms with Crippen molar-refractivity contribution in [2.45, 2.75) is 57.3 Å². The van der Waals surface area contributed by atoms with Gasteiger partial charge in [0.2, 0.25) is 17.7 Å². The standard InChI is InChI=1S/C19H36N4O6S2/c1-5-11(2)15(19(28)29)23-18(27)14(10-24)22-17(26)13(7-9-31-4)21-16(25)12(20)6-8-30-3/h11-15,24H,5-10,20H2,1-4H3,(H,21,25)(H,22,26)(H,23,27)(H,28,29). The molecule has 0 aliphatic heterocycles. The normalized spacial score (nSPS) is 15.8. The molecule has 0 aromatic heterocycles. The van der Waals surface area contributed by atoms with E-state index in [2.05, 4.69) is 16.0 Å². The van der Waals surface area contributed by atoms with Crippen molar-refractivity contribution in [3.05, 3.63) is 0 Å². The van der Waals surface area contributed by atoms with Crippen LogP contribution in [-0.4, -0.2) is 88.7 Å². The summed E-state index contributed by atoms with van der Waals surface area (Å²) in [6, 6.07) is -4.20. The molecule has 0 fully saturated rings. The number of amides is 3. The molecule has 0 aromatic rings. The van der Waals surface area contributed by atoms with E-state index < -0.39 is 54.5 Å². The maximum atomic E-state index is 12.7. The molecule has 5 unspecified atom stereocenters. The van der Waals surface area contributed by atoms with Crippen LogP contribution in [0.4, 0.5) is 0 Å². The Morgan fingerprint density at radius 2 is 1.42 bits per heavy atom. The van der Waals surface area contributed by atoms with Gasteiger partial charge in [-0.3, -0.25) is 14.4 Å². The Hall–Kier alpha value is -1.50. The molecular formula is C19H36N4O6S2. The topological polar surface area (TPSA) is 171 Å². The van der Waals surface area contributed by atoms with Gasteiger partial charge in [0.05, 0.1) is 12.6 Å². The fourth-order valence-corrected chi connectivity index (χ4v) is 3.52. The molecule has 0 saturated heterocycles. The van der Waals surface area contributed by atoms with Crippen molar-refractivity contribution in [2.24, 2.45) is 11.7 Å². The van der Waals surface area contributed by atoms with Crippen LogP contribution in [-0.2, 0) is 19.2 Å². The summed E-state index contributed by atoms with van der Waals surface area (Å²) in [5.74, 6) is -2.20. The van der Waals surface area contributed by atoms with Crippen molar-refractivity contribution in [1.82, 2.24) is 16.0 Å². The lowest BCUT2D eigenvalue weighted by Crippen LogP contribution is -2.58. The Labute approximate surface area is 192 Å². The van der Waals surface area contributed by atoms with Gasteiger partial charge in [0.25, 0.3) is 0 Å². The maximum absolute atomic E-state index is 12.7. The summed E-state index contributed by atoms with van der Waals surface area (Å²) in [5.41, 5.74) is 5.86. The summed E-state index contributed by atoms with van der Waals surface area (Å²) < 4.78 is 0. The zero-order valence-corrected chi connectivity index (χ0v) is 20.2. The second kappa shape index (κ2) is 16.2. The lowest BCUT2D eigenvalue weighted by molar-refractivity contribution is -0.144. The van der Waals surface area contributed by atoms with Gasteiger partial charge in [-0.1, -0.05) is 20.3 Å². The second-order valence-electron chi connectivity index (χ2n) is 7.18. The third kappa shape index (κ3) is 11.1. The predicted molar refractivity (Wildman–Crippen MR) is 124 cm³/mol. The molecule has 5 atom stereocenters. The van der Waals surface area contributed by atoms with Crippen LogP contribution in [0.3, 0.4) is 0 Å². The van der Waals surface area contributed by atoms with Gasteiger partial charge >= 0.3 is 5.97 Å². The molecule has 0 heterocycles. The minimum atomic E-state index is -1.35. The summed E-state index contributed by atoms with van der Waals surface area (Å²) >= 11 is 3.04. The van der Waals surface area contributed by atoms with Gasteiger partial charge in [-0.2, -0.15) is 23.5 Å². The Kier molecular flexibility index (Phi) is 15.4. The van der Waals surface area contributed by atoms with E-state index in [-0.39, 0.29) is 5.92 Å². The number of hydrogen-bond donors (Lipinski definition) is 6. The van der Waals surface area contributed by atoms with E-state index in [0.29, 0.717) is 30.8 Å². The second-order valence-corrected chi connectivity index (χ2v) is 9.16. The third-order valence-corrected chi connectivity index (χ3v) is 6.09. The average molecular weight is 481 g/mol. The number of thioether (sulfide) groups is 2. The Morgan fingerprint density at radius 1 is 0.903 bits per heavy atom. The van der Waals surface area contributed by atoms with Crippen LogP contribution < -0.4 is 21.7 Å². The molecule has 0 rings (SSSR count). The van der Waals surface area contributed by atoms with Gasteiger partial charge in [-0.25, -0.2) is 4.79 Å². The Balaban J connectivity index is 5.18. The molecular weight excluding hydrogens is 444 g/mol. The first-order valence-electron chi connectivity index (χ1n) is 10.1. The molecule has 0 aliphatic rings. The van der Waals surface area contributed by atoms with Gasteiger partial charge in [-0.15, -0.1) is 0 Å². The van der Waals surface area contributed by atoms with Crippen LogP contribution in [0.1, 0.15) is 33.1 Å². The highest BCUT2D eigenvalue weighted by atomic mass is 32.2. The van der Waals surface area contributed by atoms with Crippen LogP contribution in [0.25, 0.3) is 0 Å². The van der Waals surface area contributed by atoms with Gasteiger partial charge in [0, 0.05) is 0 Å². The number of carbonyl (C=O) groups is 4. The van der Waals surface area contributed by atoms with E-state index in [0.717, 1.165) is 0 Å². The number of carboxylic acids is 1. The van der Waals surface area contributed by atoms with Crippen LogP contribution in [0.15, 0.2) is 0 Å². The highest BCUT2D eigenvalue weighted by Gasteiger charge is 2.31. The number of aliphatic hydroxyl groups excluding tert-OH is 1. The number of aliphatic carboxylic acids is 1. The summed E-state index contributed by atoms with van der Waals surface area (Å²) in [7, 11) is 0. The quantitative estimate of drug-likeness (QED) is 0.169. The molecule has 0 aromatic carbocycles. The number of rotatable bonds is 16. The molecule has 0 bridgehead atoms. The smallest absolute Gasteiger partial charge is 0.326 e. The molecule has 180 valence electrons. The lowest BCUT2D eigenvalue weighted by Gasteiger charge is -2.25. The van der Waals surface area contributed by atoms with Crippen LogP contribution in [0.5, 0.6) is 0 Å². The number of carbonyl (C=O) groups excluding carboxylic acids is 3. The molecule has 10 nitrogen and oxygen atoms in total. The minimum absolute atomic E-state index is 0.304. The molecule has 31 heavy (non-hydrogen) atoms. The average Bonchev–Trinajstić information content (AvgIpc) is 2.75. The molecule has 7 N–H and O–H groups in total. The first-order valence-corrected chi connectivity index (χ1v) is 12.9. The fraction of sp³-hybridized carbons (Fsp3) is 0.789. The zero-order chi connectivity index (χ0) is 24.0. The number of aliphatic hydroxyl groups is 1. The zero-order valence-electron chi connectivity index (χ0n) is 18.6. The van der Waals surface area contributed by atoms with Crippen LogP contribution >= 0.6 is 23.5 Å². The Morgan fingerprint density at radius 3 is 1.90 bits per heavy atom. The summed E-state index contributed by atoms with van der Waals surface area (Å²) in [6.07, 6.45) is 5.03. The maximum Gasteiger partial charge on any atom is 0.326 e. The fourth-order valence-electron chi connectivity index (χ4n) is 2.56. The van der Waals surface area contributed by atoms with Gasteiger partial charge in [0.1, 0.15) is 18.1 Å². The molecule has 0 spiro atoms. The van der Waals surface area contributed by atoms with Crippen molar-refractivity contribution in [2.75, 3.05) is 30.6 Å². The number of nitrogens with one attached hydrogen (secondary N) is 3. The molecule has 0 radical (unpaired) electrons. The molecule has 12 heteroatoms. The third-order valence-electron chi connectivity index (χ3n) is 4.81. The molecule has 3 amide bonds. The van der Waals surface area contributed by atoms with Crippen LogP contribution in [0, 0.1) is 5.92 Å². The highest BCUT2D eigenvalue weighted by Crippen LogP contribution is 2.09. The largest absolute Gasteiger partial charge is 0.480 e. The van der Waals surface area contributed by atoms with Crippen molar-refractivity contribution < 1.29 is 29.4 Å². The SMILES string of the molecule is CCC(C)C(NC(=O)C(CO)NC(=O)C(CCSC)NC(=O)C(N)CCSC)C(=O)O. The monoisotopic (exact) mass is 480 g/mol. The van der Waals surface area contributed by atoms with E-state index in [1.807, 2.05) is 12.5 Å². The number of hydrogen-bond acceptors (Lipinski definition) is 8. The van der Waals surface area contributed by atoms with Gasteiger partial charge < -0.3 is 31.9 Å². The summed E-state index contributed by atoms with van der Waals surface area (Å²) in [5, 5.41) is 26.3. The highest BCUT2D eigenvalue weighted by molar-refractivity contribution is 7.98. The molecule has 0 aliphatic carbocycles. The number of nitrogens with two attached hydrogens (primary N) is 1. The van der Waals surface area contributed by atoms with Crippen molar-refractivity contribution in [1.29, 1.82) is 0 Å². The first kappa shape index (κ1) is 29.5. The van der Waals surface area contributed by atoms with Crippen molar-refractivity contribution in [3.63, 3.8) is 0 Å². The minimum Gasteiger partial charge on any atom is -0.480 e. The van der Waals surface area contributed by atoms with E-state index in [1.165, 1.54) is 11.8 Å². The van der Waals surface area contributed by atoms with Crippen LogP contribution in [0.2, 0.25) is 0 Å². The van der Waals surface area contributed by atoms with Crippen molar-refractivity contribution >= 4 is 47.2 Å². The summed E-state index contributed by atoms with van der Waals surface area (Å²) in [4.78, 5) is 48.9. The predicted octanol–water partition coefficient (Wildman–Crippen LogP) is -0.603. The van der Waals surface area contributed by atoms with Crippen molar-refractivity contribution in [3.8, 4) is 0 Å². The summed E-state index contributed by atoms with van der Waals surface area (Å²) in [6.45, 7) is 2.75. The first-order chi connectivity index (χ1) is 14.6. The van der Waals surface area contributed by atoms with E-state index in [9.17, 15) is 29.4 Å². The van der Waals surface area contributed by atoms with E-state index in [1.54, 1.807) is 25.6 Å². The van der Waals surface area contributed by atoms with E-state index >= 15 is 0 Å². The van der Waals surface area contributed by atoms with Gasteiger partial charge in [0.15, 0.2) is 0 Å². The van der Waals surface area contributed by atoms with Gasteiger partial charge in [-0.05, 0) is 42.8 Å². The Bertz CT molecular complexity index is 596. The molecule has 0 saturated carbocycles.